The summed E-state index contributed by atoms with van der Waals surface area (Å²) in [7, 11) is 0. The number of piperidine rings is 1. The van der Waals surface area contributed by atoms with Gasteiger partial charge < -0.3 is 25.4 Å². The maximum Gasteiger partial charge on any atom is 0.268 e. The van der Waals surface area contributed by atoms with Gasteiger partial charge in [-0.3, -0.25) is 4.79 Å². The van der Waals surface area contributed by atoms with Gasteiger partial charge in [0, 0.05) is 42.7 Å². The van der Waals surface area contributed by atoms with E-state index in [0.29, 0.717) is 29.8 Å². The molecule has 3 aromatic heterocycles. The molecule has 34 heavy (non-hydrogen) atoms. The van der Waals surface area contributed by atoms with E-state index in [0.717, 1.165) is 54.6 Å². The van der Waals surface area contributed by atoms with E-state index >= 15 is 0 Å². The van der Waals surface area contributed by atoms with Gasteiger partial charge in [0.2, 0.25) is 5.95 Å². The Kier molecular flexibility index (Phi) is 3.53. The third kappa shape index (κ3) is 2.28. The number of hydrogen-bond donors (Lipinski definition) is 3. The smallest absolute Gasteiger partial charge is 0.268 e. The number of fused-ring (bicyclic) bond motifs is 4. The fraction of sp³-hybridized carbons (Fsp3) is 0.520. The Bertz CT molecular complexity index is 1340. The lowest BCUT2D eigenvalue weighted by Gasteiger charge is -2.43. The highest BCUT2D eigenvalue weighted by molar-refractivity contribution is 5.99. The molecule has 0 aromatic carbocycles. The second-order valence-electron chi connectivity index (χ2n) is 10.9. The zero-order valence-corrected chi connectivity index (χ0v) is 19.2. The van der Waals surface area contributed by atoms with Crippen LogP contribution >= 0.6 is 0 Å². The molecule has 1 amide bonds. The molecule has 2 saturated carbocycles. The molecule has 8 rings (SSSR count). The minimum Gasteiger partial charge on any atom is -0.364 e. The van der Waals surface area contributed by atoms with Crippen molar-refractivity contribution >= 4 is 34.4 Å². The second-order valence-corrected chi connectivity index (χ2v) is 10.9. The number of rotatable bonds is 3. The van der Waals surface area contributed by atoms with E-state index in [1.54, 1.807) is 6.20 Å². The fourth-order valence-electron chi connectivity index (χ4n) is 7.54. The lowest BCUT2D eigenvalue weighted by atomic mass is 9.94. The van der Waals surface area contributed by atoms with Crippen LogP contribution in [0.1, 0.15) is 43.1 Å². The van der Waals surface area contributed by atoms with Crippen molar-refractivity contribution in [3.8, 4) is 0 Å². The molecule has 0 radical (unpaired) electrons. The van der Waals surface area contributed by atoms with E-state index in [4.69, 9.17) is 4.98 Å². The lowest BCUT2D eigenvalue weighted by molar-refractivity contribution is 0.0876. The molecule has 2 spiro atoms. The number of anilines is 3. The van der Waals surface area contributed by atoms with Crippen molar-refractivity contribution < 1.29 is 4.79 Å². The average Bonchev–Trinajstić information content (AvgIpc) is 3.19. The summed E-state index contributed by atoms with van der Waals surface area (Å²) in [6, 6.07) is 6.67. The number of carbonyl (C=O) groups excluding carboxylic acids is 1. The van der Waals surface area contributed by atoms with Crippen LogP contribution in [0.4, 0.5) is 17.5 Å². The predicted octanol–water partition coefficient (Wildman–Crippen LogP) is 2.38. The van der Waals surface area contributed by atoms with E-state index in [-0.39, 0.29) is 11.4 Å². The predicted molar refractivity (Wildman–Crippen MR) is 128 cm³/mol. The molecule has 4 atom stereocenters. The van der Waals surface area contributed by atoms with Gasteiger partial charge in [-0.2, -0.15) is 4.98 Å². The van der Waals surface area contributed by atoms with Gasteiger partial charge in [0.1, 0.15) is 17.2 Å². The SMILES string of the molecule is C[C@H]1C2CN(c3ccc(Nc4ncc5cc6n(c5n4)C4(CCCC4)CNC6=O)nc3)C3CNC231. The lowest BCUT2D eigenvalue weighted by Crippen LogP contribution is -2.65. The Labute approximate surface area is 197 Å². The summed E-state index contributed by atoms with van der Waals surface area (Å²) in [5, 5.41) is 11.0. The first-order valence-electron chi connectivity index (χ1n) is 12.5. The first-order valence-corrected chi connectivity index (χ1v) is 12.5. The summed E-state index contributed by atoms with van der Waals surface area (Å²) in [6.45, 7) is 5.22. The maximum absolute atomic E-state index is 12.6. The van der Waals surface area contributed by atoms with Crippen LogP contribution in [0.5, 0.6) is 0 Å². The average molecular weight is 457 g/mol. The van der Waals surface area contributed by atoms with Crippen LogP contribution in [0.2, 0.25) is 0 Å². The van der Waals surface area contributed by atoms with Gasteiger partial charge in [0.05, 0.1) is 23.5 Å². The molecule has 3 aliphatic heterocycles. The number of nitrogens with one attached hydrogen (secondary N) is 3. The van der Waals surface area contributed by atoms with Gasteiger partial charge in [-0.05, 0) is 37.0 Å². The minimum absolute atomic E-state index is 0.0281. The highest BCUT2D eigenvalue weighted by atomic mass is 16.2. The van der Waals surface area contributed by atoms with Crippen LogP contribution in [0, 0.1) is 11.8 Å². The standard InChI is InChI=1S/C25H28N8O/c1-14-17-12-32(19-11-29-25(14,17)19)16-4-5-20(26-10-16)30-23-27-9-15-8-18-22(34)28-13-24(6-2-3-7-24)33(18)21(15)31-23/h4-5,8-10,14,17,19,29H,2-3,6-7,11-13H2,1H3,(H,28,34)(H,26,27,30,31)/t14-,17?,19?,25?/m0/s1. The monoisotopic (exact) mass is 456 g/mol. The van der Waals surface area contributed by atoms with E-state index in [1.165, 1.54) is 18.5 Å². The molecule has 9 heteroatoms. The van der Waals surface area contributed by atoms with Crippen molar-refractivity contribution in [1.82, 2.24) is 30.2 Å². The quantitative estimate of drug-likeness (QED) is 0.556. The van der Waals surface area contributed by atoms with Crippen molar-refractivity contribution in [1.29, 1.82) is 0 Å². The van der Waals surface area contributed by atoms with Gasteiger partial charge in [0.25, 0.3) is 5.91 Å². The third-order valence-corrected chi connectivity index (χ3v) is 9.46. The first kappa shape index (κ1) is 19.1. The summed E-state index contributed by atoms with van der Waals surface area (Å²) >= 11 is 0. The van der Waals surface area contributed by atoms with Crippen LogP contribution < -0.4 is 20.9 Å². The first-order chi connectivity index (χ1) is 16.6. The van der Waals surface area contributed by atoms with Gasteiger partial charge >= 0.3 is 0 Å². The number of aromatic nitrogens is 4. The number of hydrogen-bond acceptors (Lipinski definition) is 7. The van der Waals surface area contributed by atoms with Crippen LogP contribution in [0.25, 0.3) is 11.0 Å². The van der Waals surface area contributed by atoms with Gasteiger partial charge in [-0.25, -0.2) is 9.97 Å². The van der Waals surface area contributed by atoms with E-state index < -0.39 is 0 Å². The van der Waals surface area contributed by atoms with Crippen molar-refractivity contribution in [2.24, 2.45) is 11.8 Å². The van der Waals surface area contributed by atoms with Crippen molar-refractivity contribution in [3.63, 3.8) is 0 Å². The van der Waals surface area contributed by atoms with E-state index in [1.807, 2.05) is 18.3 Å². The van der Waals surface area contributed by atoms with Crippen molar-refractivity contribution in [2.75, 3.05) is 29.9 Å². The maximum atomic E-state index is 12.6. The van der Waals surface area contributed by atoms with Gasteiger partial charge in [-0.15, -0.1) is 0 Å². The molecule has 6 heterocycles. The number of pyridine rings is 1. The van der Waals surface area contributed by atoms with Crippen molar-refractivity contribution in [2.45, 2.75) is 49.7 Å². The molecule has 3 N–H and O–H groups in total. The highest BCUT2D eigenvalue weighted by Crippen LogP contribution is 2.62. The Morgan fingerprint density at radius 3 is 2.79 bits per heavy atom. The highest BCUT2D eigenvalue weighted by Gasteiger charge is 2.76. The summed E-state index contributed by atoms with van der Waals surface area (Å²) in [5.41, 5.74) is 3.00. The Morgan fingerprint density at radius 2 is 2.06 bits per heavy atom. The molecule has 4 fully saturated rings. The minimum atomic E-state index is -0.0712. The van der Waals surface area contributed by atoms with Crippen molar-refractivity contribution in [3.05, 3.63) is 36.3 Å². The molecular formula is C25H28N8O. The summed E-state index contributed by atoms with van der Waals surface area (Å²) in [6.07, 6.45) is 8.24. The van der Waals surface area contributed by atoms with Crippen LogP contribution in [0.15, 0.2) is 30.6 Å². The molecule has 2 aliphatic carbocycles. The molecular weight excluding hydrogens is 428 g/mol. The molecule has 5 aliphatic rings. The zero-order chi connectivity index (χ0) is 22.7. The Morgan fingerprint density at radius 1 is 1.18 bits per heavy atom. The summed E-state index contributed by atoms with van der Waals surface area (Å²) in [5.74, 6) is 2.76. The third-order valence-electron chi connectivity index (χ3n) is 9.46. The Balaban J connectivity index is 1.09. The molecule has 174 valence electrons. The summed E-state index contributed by atoms with van der Waals surface area (Å²) in [4.78, 5) is 29.1. The zero-order valence-electron chi connectivity index (χ0n) is 19.2. The van der Waals surface area contributed by atoms with E-state index in [9.17, 15) is 4.79 Å². The van der Waals surface area contributed by atoms with E-state index in [2.05, 4.69) is 48.4 Å². The fourth-order valence-corrected chi connectivity index (χ4v) is 7.54. The topological polar surface area (TPSA) is 100 Å². The van der Waals surface area contributed by atoms with Crippen LogP contribution in [0.3, 0.4) is 0 Å². The molecule has 3 unspecified atom stereocenters. The number of nitrogens with zero attached hydrogens (tertiary/aromatic N) is 5. The second kappa shape index (κ2) is 6.27. The van der Waals surface area contributed by atoms with Crippen LogP contribution in [-0.4, -0.2) is 56.6 Å². The van der Waals surface area contributed by atoms with Gasteiger partial charge in [0.15, 0.2) is 0 Å². The molecule has 2 saturated heterocycles. The molecule has 3 aromatic rings. The van der Waals surface area contributed by atoms with Gasteiger partial charge in [-0.1, -0.05) is 19.8 Å². The van der Waals surface area contributed by atoms with Crippen LogP contribution in [-0.2, 0) is 5.54 Å². The normalized spacial score (nSPS) is 32.2. The number of carbonyl (C=O) groups is 1. The number of amides is 1. The molecule has 0 bridgehead atoms. The Hall–Kier alpha value is -3.20. The largest absolute Gasteiger partial charge is 0.364 e. The molecule has 9 nitrogen and oxygen atoms in total. The summed E-state index contributed by atoms with van der Waals surface area (Å²) < 4.78 is 2.18.